The van der Waals surface area contributed by atoms with Crippen LogP contribution in [0.25, 0.3) is 0 Å². The monoisotopic (exact) mass is 265 g/mol. The third kappa shape index (κ3) is 3.09. The van der Waals surface area contributed by atoms with Crippen LogP contribution in [-0.4, -0.2) is 26.4 Å². The third-order valence-corrected chi connectivity index (χ3v) is 3.04. The first-order valence-electron chi connectivity index (χ1n) is 6.00. The van der Waals surface area contributed by atoms with Crippen LogP contribution < -0.4 is 14.2 Å². The Balaban J connectivity index is 3.35. The zero-order chi connectivity index (χ0) is 14.4. The second-order valence-electron chi connectivity index (χ2n) is 4.03. The number of nitriles is 1. The van der Waals surface area contributed by atoms with E-state index >= 15 is 0 Å². The lowest BCUT2D eigenvalue weighted by atomic mass is 9.93. The van der Waals surface area contributed by atoms with Crippen LogP contribution in [0.5, 0.6) is 17.2 Å². The number of aliphatic hydroxyl groups is 1. The number of hydrogen-bond donors (Lipinski definition) is 1. The first kappa shape index (κ1) is 15.1. The Morgan fingerprint density at radius 3 is 2.00 bits per heavy atom. The predicted molar refractivity (Wildman–Crippen MR) is 70.5 cm³/mol. The number of rotatable bonds is 6. The topological polar surface area (TPSA) is 71.7 Å². The Morgan fingerprint density at radius 1 is 1.16 bits per heavy atom. The SMILES string of the molecule is CCC(C#N)C(O)c1c(OC)cc(OC)cc1OC. The first-order valence-corrected chi connectivity index (χ1v) is 6.00. The molecule has 0 amide bonds. The van der Waals surface area contributed by atoms with E-state index in [0.717, 1.165) is 0 Å². The quantitative estimate of drug-likeness (QED) is 0.854. The maximum Gasteiger partial charge on any atom is 0.132 e. The van der Waals surface area contributed by atoms with E-state index in [-0.39, 0.29) is 0 Å². The van der Waals surface area contributed by atoms with Crippen molar-refractivity contribution in [3.05, 3.63) is 17.7 Å². The van der Waals surface area contributed by atoms with Gasteiger partial charge in [0.15, 0.2) is 0 Å². The third-order valence-electron chi connectivity index (χ3n) is 3.04. The summed E-state index contributed by atoms with van der Waals surface area (Å²) in [7, 11) is 4.53. The molecule has 0 saturated heterocycles. The van der Waals surface area contributed by atoms with Gasteiger partial charge in [0.25, 0.3) is 0 Å². The Morgan fingerprint density at radius 2 is 1.68 bits per heavy atom. The molecule has 2 unspecified atom stereocenters. The molecule has 104 valence electrons. The molecule has 1 N–H and O–H groups in total. The van der Waals surface area contributed by atoms with Gasteiger partial charge < -0.3 is 19.3 Å². The van der Waals surface area contributed by atoms with Crippen LogP contribution in [-0.2, 0) is 0 Å². The molecule has 0 aliphatic rings. The average molecular weight is 265 g/mol. The van der Waals surface area contributed by atoms with Crippen molar-refractivity contribution in [2.24, 2.45) is 5.92 Å². The maximum absolute atomic E-state index is 10.3. The van der Waals surface area contributed by atoms with Gasteiger partial charge in [0.1, 0.15) is 23.4 Å². The van der Waals surface area contributed by atoms with Crippen LogP contribution in [0.2, 0.25) is 0 Å². The molecule has 2 atom stereocenters. The van der Waals surface area contributed by atoms with Crippen molar-refractivity contribution >= 4 is 0 Å². The second-order valence-corrected chi connectivity index (χ2v) is 4.03. The standard InChI is InChI=1S/C14H19NO4/c1-5-9(8-15)14(16)13-11(18-3)6-10(17-2)7-12(13)19-4/h6-7,9,14,16H,5H2,1-4H3. The number of methoxy groups -OCH3 is 3. The highest BCUT2D eigenvalue weighted by molar-refractivity contribution is 5.52. The van der Waals surface area contributed by atoms with Crippen molar-refractivity contribution in [1.82, 2.24) is 0 Å². The number of benzene rings is 1. The van der Waals surface area contributed by atoms with Crippen LogP contribution in [0.3, 0.4) is 0 Å². The summed E-state index contributed by atoms with van der Waals surface area (Å²) >= 11 is 0. The summed E-state index contributed by atoms with van der Waals surface area (Å²) in [5.74, 6) is 0.931. The minimum Gasteiger partial charge on any atom is -0.496 e. The van der Waals surface area contributed by atoms with Crippen molar-refractivity contribution in [3.8, 4) is 23.3 Å². The fraction of sp³-hybridized carbons (Fsp3) is 0.500. The summed E-state index contributed by atoms with van der Waals surface area (Å²) in [6.45, 7) is 1.85. The Bertz CT molecular complexity index is 442. The highest BCUT2D eigenvalue weighted by atomic mass is 16.5. The van der Waals surface area contributed by atoms with E-state index < -0.39 is 12.0 Å². The number of nitrogens with zero attached hydrogens (tertiary/aromatic N) is 1. The zero-order valence-corrected chi connectivity index (χ0v) is 11.6. The van der Waals surface area contributed by atoms with Crippen LogP contribution in [0, 0.1) is 17.2 Å². The van der Waals surface area contributed by atoms with Crippen molar-refractivity contribution < 1.29 is 19.3 Å². The van der Waals surface area contributed by atoms with Gasteiger partial charge in [-0.05, 0) is 6.42 Å². The Labute approximate surface area is 113 Å². The van der Waals surface area contributed by atoms with Crippen LogP contribution in [0.15, 0.2) is 12.1 Å². The zero-order valence-electron chi connectivity index (χ0n) is 11.6. The lowest BCUT2D eigenvalue weighted by molar-refractivity contribution is 0.125. The summed E-state index contributed by atoms with van der Waals surface area (Å²) in [5, 5.41) is 19.4. The molecule has 19 heavy (non-hydrogen) atoms. The van der Waals surface area contributed by atoms with E-state index in [1.807, 2.05) is 6.92 Å². The molecular weight excluding hydrogens is 246 g/mol. The lowest BCUT2D eigenvalue weighted by Crippen LogP contribution is -2.12. The molecule has 0 fully saturated rings. The number of ether oxygens (including phenoxy) is 3. The minimum absolute atomic E-state index is 0.442. The Hall–Kier alpha value is -1.93. The van der Waals surface area contributed by atoms with Crippen LogP contribution >= 0.6 is 0 Å². The lowest BCUT2D eigenvalue weighted by Gasteiger charge is -2.21. The van der Waals surface area contributed by atoms with Crippen molar-refractivity contribution in [2.75, 3.05) is 21.3 Å². The maximum atomic E-state index is 10.3. The molecule has 0 bridgehead atoms. The second kappa shape index (κ2) is 6.86. The van der Waals surface area contributed by atoms with E-state index in [4.69, 9.17) is 19.5 Å². The van der Waals surface area contributed by atoms with Gasteiger partial charge in [-0.25, -0.2) is 0 Å². The van der Waals surface area contributed by atoms with Crippen molar-refractivity contribution in [1.29, 1.82) is 5.26 Å². The fourth-order valence-electron chi connectivity index (χ4n) is 1.91. The van der Waals surface area contributed by atoms with Gasteiger partial charge in [0, 0.05) is 12.1 Å². The molecule has 0 heterocycles. The number of hydrogen-bond acceptors (Lipinski definition) is 5. The molecule has 0 radical (unpaired) electrons. The van der Waals surface area contributed by atoms with Gasteiger partial charge in [-0.3, -0.25) is 0 Å². The first-order chi connectivity index (χ1) is 9.12. The number of aliphatic hydroxyl groups excluding tert-OH is 1. The summed E-state index contributed by atoms with van der Waals surface area (Å²) in [4.78, 5) is 0. The summed E-state index contributed by atoms with van der Waals surface area (Å²) < 4.78 is 15.7. The predicted octanol–water partition coefficient (Wildman–Crippen LogP) is 2.30. The van der Waals surface area contributed by atoms with Gasteiger partial charge in [-0.1, -0.05) is 6.92 Å². The molecule has 1 aromatic carbocycles. The largest absolute Gasteiger partial charge is 0.496 e. The molecule has 0 aliphatic carbocycles. The van der Waals surface area contributed by atoms with Crippen molar-refractivity contribution in [2.45, 2.75) is 19.4 Å². The smallest absolute Gasteiger partial charge is 0.132 e. The van der Waals surface area contributed by atoms with Crippen molar-refractivity contribution in [3.63, 3.8) is 0 Å². The van der Waals surface area contributed by atoms with E-state index in [1.165, 1.54) is 21.3 Å². The molecule has 0 spiro atoms. The minimum atomic E-state index is -0.967. The molecule has 5 nitrogen and oxygen atoms in total. The normalized spacial score (nSPS) is 13.3. The Kier molecular flexibility index (Phi) is 5.46. The van der Waals surface area contributed by atoms with Crippen LogP contribution in [0.1, 0.15) is 25.0 Å². The van der Waals surface area contributed by atoms with E-state index in [9.17, 15) is 5.11 Å². The molecule has 0 saturated carbocycles. The molecule has 0 aromatic heterocycles. The highest BCUT2D eigenvalue weighted by Crippen LogP contribution is 2.41. The summed E-state index contributed by atoms with van der Waals surface area (Å²) in [5.41, 5.74) is 0.471. The van der Waals surface area contributed by atoms with E-state index in [0.29, 0.717) is 29.2 Å². The summed E-state index contributed by atoms with van der Waals surface area (Å²) in [6, 6.07) is 5.40. The molecule has 1 rings (SSSR count). The summed E-state index contributed by atoms with van der Waals surface area (Å²) in [6.07, 6.45) is -0.429. The van der Waals surface area contributed by atoms with E-state index in [1.54, 1.807) is 12.1 Å². The van der Waals surface area contributed by atoms with Gasteiger partial charge >= 0.3 is 0 Å². The molecular formula is C14H19NO4. The highest BCUT2D eigenvalue weighted by Gasteiger charge is 2.26. The van der Waals surface area contributed by atoms with Gasteiger partial charge in [0.05, 0.1) is 38.9 Å². The molecule has 5 heteroatoms. The van der Waals surface area contributed by atoms with E-state index in [2.05, 4.69) is 6.07 Å². The molecule has 1 aromatic rings. The molecule has 0 aliphatic heterocycles. The average Bonchev–Trinajstić information content (AvgIpc) is 2.46. The van der Waals surface area contributed by atoms with Crippen LogP contribution in [0.4, 0.5) is 0 Å². The van der Waals surface area contributed by atoms with Gasteiger partial charge in [-0.15, -0.1) is 0 Å². The van der Waals surface area contributed by atoms with Gasteiger partial charge in [-0.2, -0.15) is 5.26 Å². The fourth-order valence-corrected chi connectivity index (χ4v) is 1.91. The van der Waals surface area contributed by atoms with Gasteiger partial charge in [0.2, 0.25) is 0 Å².